The largest absolute Gasteiger partial charge is 0.381 e. The van der Waals surface area contributed by atoms with Gasteiger partial charge in [0.25, 0.3) is 0 Å². The third-order valence-corrected chi connectivity index (χ3v) is 3.48. The van der Waals surface area contributed by atoms with Crippen LogP contribution in [0, 0.1) is 5.92 Å². The minimum atomic E-state index is -0.577. The van der Waals surface area contributed by atoms with Crippen LogP contribution in [0.3, 0.4) is 0 Å². The third kappa shape index (κ3) is 5.16. The van der Waals surface area contributed by atoms with E-state index in [1.165, 1.54) is 0 Å². The Bertz CT molecular complexity index is 325. The summed E-state index contributed by atoms with van der Waals surface area (Å²) >= 11 is 0. The summed E-state index contributed by atoms with van der Waals surface area (Å²) in [6.07, 6.45) is 1.58. The van der Waals surface area contributed by atoms with Crippen molar-refractivity contribution in [2.75, 3.05) is 19.8 Å². The number of hydrogen-bond acceptors (Lipinski definition) is 4. The highest BCUT2D eigenvalue weighted by Crippen LogP contribution is 2.19. The minimum Gasteiger partial charge on any atom is -0.381 e. The van der Waals surface area contributed by atoms with Crippen molar-refractivity contribution in [2.45, 2.75) is 45.2 Å². The Morgan fingerprint density at radius 2 is 1.89 bits per heavy atom. The van der Waals surface area contributed by atoms with Gasteiger partial charge in [-0.2, -0.15) is 0 Å². The minimum absolute atomic E-state index is 0.0320. The SMILES string of the molecule is CC(C)[C@H](N)C(=O)NCC(=O)NC1(C)CCOCC1. The molecule has 6 heteroatoms. The van der Waals surface area contributed by atoms with Crippen LogP contribution in [0.4, 0.5) is 0 Å². The van der Waals surface area contributed by atoms with Crippen LogP contribution in [0.25, 0.3) is 0 Å². The van der Waals surface area contributed by atoms with Crippen molar-refractivity contribution in [1.82, 2.24) is 10.6 Å². The van der Waals surface area contributed by atoms with E-state index in [4.69, 9.17) is 10.5 Å². The lowest BCUT2D eigenvalue weighted by Crippen LogP contribution is -2.53. The van der Waals surface area contributed by atoms with Gasteiger partial charge < -0.3 is 21.1 Å². The van der Waals surface area contributed by atoms with Crippen LogP contribution in [-0.4, -0.2) is 43.2 Å². The molecule has 1 rings (SSSR count). The highest BCUT2D eigenvalue weighted by Gasteiger charge is 2.29. The quantitative estimate of drug-likeness (QED) is 0.644. The molecule has 0 radical (unpaired) electrons. The van der Waals surface area contributed by atoms with Crippen molar-refractivity contribution in [3.63, 3.8) is 0 Å². The fraction of sp³-hybridized carbons (Fsp3) is 0.846. The fourth-order valence-corrected chi connectivity index (χ4v) is 1.92. The molecule has 1 fully saturated rings. The molecule has 1 heterocycles. The standard InChI is InChI=1S/C13H25N3O3/c1-9(2)11(14)12(18)15-8-10(17)16-13(3)4-6-19-7-5-13/h9,11H,4-8,14H2,1-3H3,(H,15,18)(H,16,17)/t11-/m0/s1. The molecule has 1 aliphatic rings. The number of ether oxygens (including phenoxy) is 1. The van der Waals surface area contributed by atoms with E-state index in [9.17, 15) is 9.59 Å². The first-order chi connectivity index (χ1) is 8.84. The average Bonchev–Trinajstić information content (AvgIpc) is 2.35. The van der Waals surface area contributed by atoms with Crippen molar-refractivity contribution in [1.29, 1.82) is 0 Å². The van der Waals surface area contributed by atoms with E-state index in [2.05, 4.69) is 10.6 Å². The van der Waals surface area contributed by atoms with Crippen LogP contribution in [0.2, 0.25) is 0 Å². The lowest BCUT2D eigenvalue weighted by atomic mass is 9.92. The highest BCUT2D eigenvalue weighted by molar-refractivity contribution is 5.87. The normalized spacial score (nSPS) is 19.8. The van der Waals surface area contributed by atoms with Gasteiger partial charge in [0.15, 0.2) is 0 Å². The van der Waals surface area contributed by atoms with Crippen molar-refractivity contribution in [2.24, 2.45) is 11.7 Å². The van der Waals surface area contributed by atoms with Crippen LogP contribution < -0.4 is 16.4 Å². The Balaban J connectivity index is 2.33. The Labute approximate surface area is 114 Å². The van der Waals surface area contributed by atoms with Gasteiger partial charge in [-0.15, -0.1) is 0 Å². The maximum absolute atomic E-state index is 11.8. The first-order valence-electron chi connectivity index (χ1n) is 6.76. The summed E-state index contributed by atoms with van der Waals surface area (Å²) in [7, 11) is 0. The monoisotopic (exact) mass is 271 g/mol. The van der Waals surface area contributed by atoms with Crippen molar-refractivity contribution in [3.8, 4) is 0 Å². The highest BCUT2D eigenvalue weighted by atomic mass is 16.5. The number of hydrogen-bond donors (Lipinski definition) is 3. The molecule has 4 N–H and O–H groups in total. The van der Waals surface area contributed by atoms with Gasteiger partial charge in [0, 0.05) is 18.8 Å². The van der Waals surface area contributed by atoms with Crippen molar-refractivity contribution in [3.05, 3.63) is 0 Å². The first-order valence-corrected chi connectivity index (χ1v) is 6.76. The summed E-state index contributed by atoms with van der Waals surface area (Å²) in [6.45, 7) is 7.01. The molecule has 19 heavy (non-hydrogen) atoms. The average molecular weight is 271 g/mol. The van der Waals surface area contributed by atoms with E-state index in [0.717, 1.165) is 12.8 Å². The van der Waals surface area contributed by atoms with Crippen LogP contribution in [0.15, 0.2) is 0 Å². The predicted molar refractivity (Wildman–Crippen MR) is 72.4 cm³/mol. The smallest absolute Gasteiger partial charge is 0.239 e. The molecule has 0 unspecified atom stereocenters. The predicted octanol–water partition coefficient (Wildman–Crippen LogP) is -0.229. The Morgan fingerprint density at radius 3 is 2.42 bits per heavy atom. The number of carbonyl (C=O) groups excluding carboxylic acids is 2. The van der Waals surface area contributed by atoms with Crippen molar-refractivity contribution < 1.29 is 14.3 Å². The zero-order valence-electron chi connectivity index (χ0n) is 12.0. The molecule has 0 spiro atoms. The number of carbonyl (C=O) groups is 2. The van der Waals surface area contributed by atoms with Gasteiger partial charge in [0.1, 0.15) is 0 Å². The third-order valence-electron chi connectivity index (χ3n) is 3.48. The van der Waals surface area contributed by atoms with E-state index >= 15 is 0 Å². The number of amides is 2. The lowest BCUT2D eigenvalue weighted by molar-refractivity contribution is -0.128. The van der Waals surface area contributed by atoms with Gasteiger partial charge in [0.05, 0.1) is 12.6 Å². The topological polar surface area (TPSA) is 93.5 Å². The summed E-state index contributed by atoms with van der Waals surface area (Å²) in [5, 5.41) is 5.51. The molecule has 0 aliphatic carbocycles. The number of rotatable bonds is 5. The molecule has 0 bridgehead atoms. The molecular formula is C13H25N3O3. The Hall–Kier alpha value is -1.14. The summed E-state index contributed by atoms with van der Waals surface area (Å²) in [5.41, 5.74) is 5.46. The molecule has 0 saturated carbocycles. The maximum atomic E-state index is 11.8. The van der Waals surface area contributed by atoms with E-state index < -0.39 is 6.04 Å². The fourth-order valence-electron chi connectivity index (χ4n) is 1.92. The van der Waals surface area contributed by atoms with Gasteiger partial charge in [-0.05, 0) is 25.7 Å². The number of nitrogens with one attached hydrogen (secondary N) is 2. The lowest BCUT2D eigenvalue weighted by Gasteiger charge is -2.34. The summed E-state index contributed by atoms with van der Waals surface area (Å²) in [4.78, 5) is 23.4. The van der Waals surface area contributed by atoms with Gasteiger partial charge in [-0.3, -0.25) is 9.59 Å². The zero-order chi connectivity index (χ0) is 14.5. The molecule has 110 valence electrons. The maximum Gasteiger partial charge on any atom is 0.239 e. The molecule has 1 saturated heterocycles. The second-order valence-corrected chi connectivity index (χ2v) is 5.71. The zero-order valence-corrected chi connectivity index (χ0v) is 12.0. The van der Waals surface area contributed by atoms with E-state index in [1.807, 2.05) is 20.8 Å². The van der Waals surface area contributed by atoms with Crippen LogP contribution >= 0.6 is 0 Å². The van der Waals surface area contributed by atoms with E-state index in [0.29, 0.717) is 13.2 Å². The molecule has 0 aromatic heterocycles. The van der Waals surface area contributed by atoms with Gasteiger partial charge in [0.2, 0.25) is 11.8 Å². The Morgan fingerprint density at radius 1 is 1.32 bits per heavy atom. The summed E-state index contributed by atoms with van der Waals surface area (Å²) in [6, 6.07) is -0.577. The van der Waals surface area contributed by atoms with Gasteiger partial charge >= 0.3 is 0 Å². The molecule has 1 aliphatic heterocycles. The molecule has 0 aromatic rings. The Kier molecular flexibility index (Phi) is 5.75. The summed E-state index contributed by atoms with van der Waals surface area (Å²) in [5.74, 6) is -0.424. The van der Waals surface area contributed by atoms with Crippen LogP contribution in [0.1, 0.15) is 33.6 Å². The molecule has 6 nitrogen and oxygen atoms in total. The van der Waals surface area contributed by atoms with E-state index in [-0.39, 0.29) is 29.8 Å². The second-order valence-electron chi connectivity index (χ2n) is 5.71. The first kappa shape index (κ1) is 15.9. The van der Waals surface area contributed by atoms with E-state index in [1.54, 1.807) is 0 Å². The van der Waals surface area contributed by atoms with Crippen LogP contribution in [-0.2, 0) is 14.3 Å². The second kappa shape index (κ2) is 6.86. The van der Waals surface area contributed by atoms with Crippen molar-refractivity contribution >= 4 is 11.8 Å². The molecule has 2 amide bonds. The summed E-state index contributed by atoms with van der Waals surface area (Å²) < 4.78 is 5.26. The van der Waals surface area contributed by atoms with Crippen LogP contribution in [0.5, 0.6) is 0 Å². The van der Waals surface area contributed by atoms with Gasteiger partial charge in [-0.25, -0.2) is 0 Å². The van der Waals surface area contributed by atoms with Gasteiger partial charge in [-0.1, -0.05) is 13.8 Å². The molecule has 1 atom stereocenters. The molecular weight excluding hydrogens is 246 g/mol. The molecule has 0 aromatic carbocycles. The number of nitrogens with two attached hydrogens (primary N) is 1.